The first-order valence-corrected chi connectivity index (χ1v) is 6.32. The number of benzene rings is 1. The Morgan fingerprint density at radius 3 is 2.82 bits per heavy atom. The van der Waals surface area contributed by atoms with Crippen LogP contribution in [0.5, 0.6) is 0 Å². The lowest BCUT2D eigenvalue weighted by Gasteiger charge is -2.22. The van der Waals surface area contributed by atoms with E-state index in [0.717, 1.165) is 19.4 Å². The van der Waals surface area contributed by atoms with Crippen molar-refractivity contribution in [1.82, 2.24) is 4.90 Å². The monoisotopic (exact) mass is 232 g/mol. The van der Waals surface area contributed by atoms with Crippen molar-refractivity contribution in [3.8, 4) is 0 Å². The third kappa shape index (κ3) is 3.56. The van der Waals surface area contributed by atoms with E-state index >= 15 is 0 Å². The maximum absolute atomic E-state index is 11.0. The van der Waals surface area contributed by atoms with Gasteiger partial charge in [-0.3, -0.25) is 9.69 Å². The molecule has 1 saturated heterocycles. The highest BCUT2D eigenvalue weighted by Gasteiger charge is 2.24. The fraction of sp³-hybridized carbons (Fsp3) is 0.500. The summed E-state index contributed by atoms with van der Waals surface area (Å²) in [7, 11) is 0. The van der Waals surface area contributed by atoms with Crippen LogP contribution in [0.1, 0.15) is 24.8 Å². The molecule has 3 nitrogen and oxygen atoms in total. The van der Waals surface area contributed by atoms with E-state index in [0.29, 0.717) is 12.6 Å². The van der Waals surface area contributed by atoms with Gasteiger partial charge in [0, 0.05) is 6.04 Å². The molecule has 1 aromatic rings. The van der Waals surface area contributed by atoms with Gasteiger partial charge in [-0.15, -0.1) is 0 Å². The van der Waals surface area contributed by atoms with E-state index in [1.807, 2.05) is 6.07 Å². The van der Waals surface area contributed by atoms with Crippen molar-refractivity contribution in [2.75, 3.05) is 13.1 Å². The zero-order valence-electron chi connectivity index (χ0n) is 10.1. The van der Waals surface area contributed by atoms with Crippen molar-refractivity contribution in [2.45, 2.75) is 31.7 Å². The molecule has 1 aliphatic rings. The first-order chi connectivity index (χ1) is 8.25. The van der Waals surface area contributed by atoms with Gasteiger partial charge in [0.1, 0.15) is 0 Å². The predicted molar refractivity (Wildman–Crippen MR) is 68.6 cm³/mol. The molecular weight excluding hydrogens is 212 g/mol. The molecule has 0 unspecified atom stereocenters. The number of carbonyl (C=O) groups is 1. The summed E-state index contributed by atoms with van der Waals surface area (Å²) in [5.74, 6) is -0.211. The zero-order valence-corrected chi connectivity index (χ0v) is 10.1. The maximum Gasteiger partial charge on any atom is 0.231 e. The average Bonchev–Trinajstić information content (AvgIpc) is 2.74. The average molecular weight is 232 g/mol. The van der Waals surface area contributed by atoms with Gasteiger partial charge >= 0.3 is 0 Å². The molecule has 0 spiro atoms. The quantitative estimate of drug-likeness (QED) is 0.837. The second-order valence-electron chi connectivity index (χ2n) is 4.76. The molecule has 17 heavy (non-hydrogen) atoms. The highest BCUT2D eigenvalue weighted by molar-refractivity contribution is 5.76. The summed E-state index contributed by atoms with van der Waals surface area (Å²) in [4.78, 5) is 13.2. The van der Waals surface area contributed by atoms with Crippen molar-refractivity contribution in [2.24, 2.45) is 5.73 Å². The molecule has 1 aliphatic heterocycles. The molecule has 0 aromatic heterocycles. The minimum Gasteiger partial charge on any atom is -0.369 e. The summed E-state index contributed by atoms with van der Waals surface area (Å²) in [6.07, 6.45) is 4.59. The van der Waals surface area contributed by atoms with Gasteiger partial charge < -0.3 is 5.73 Å². The normalized spacial score (nSPS) is 20.6. The van der Waals surface area contributed by atoms with Gasteiger partial charge in [-0.2, -0.15) is 0 Å². The molecule has 1 fully saturated rings. The number of hydrogen-bond donors (Lipinski definition) is 1. The molecule has 3 heteroatoms. The van der Waals surface area contributed by atoms with E-state index in [1.165, 1.54) is 18.4 Å². The number of aryl methyl sites for hydroxylation is 1. The van der Waals surface area contributed by atoms with Crippen LogP contribution >= 0.6 is 0 Å². The number of rotatable bonds is 5. The van der Waals surface area contributed by atoms with Crippen molar-refractivity contribution in [3.05, 3.63) is 35.9 Å². The highest BCUT2D eigenvalue weighted by Crippen LogP contribution is 2.21. The van der Waals surface area contributed by atoms with Gasteiger partial charge in [0.25, 0.3) is 0 Å². The molecule has 0 radical (unpaired) electrons. The van der Waals surface area contributed by atoms with Crippen LogP contribution in [0.15, 0.2) is 30.3 Å². The number of hydrogen-bond acceptors (Lipinski definition) is 2. The Balaban J connectivity index is 1.84. The molecule has 0 saturated carbocycles. The smallest absolute Gasteiger partial charge is 0.231 e. The van der Waals surface area contributed by atoms with E-state index in [4.69, 9.17) is 5.73 Å². The van der Waals surface area contributed by atoms with E-state index < -0.39 is 0 Å². The Bertz CT molecular complexity index is 364. The summed E-state index contributed by atoms with van der Waals surface area (Å²) >= 11 is 0. The lowest BCUT2D eigenvalue weighted by molar-refractivity contribution is -0.119. The van der Waals surface area contributed by atoms with Crippen LogP contribution in [0.3, 0.4) is 0 Å². The Labute approximate surface area is 103 Å². The van der Waals surface area contributed by atoms with Gasteiger partial charge in [-0.05, 0) is 37.8 Å². The van der Waals surface area contributed by atoms with Crippen LogP contribution in [0.4, 0.5) is 0 Å². The highest BCUT2D eigenvalue weighted by atomic mass is 16.1. The topological polar surface area (TPSA) is 46.3 Å². The van der Waals surface area contributed by atoms with Gasteiger partial charge in [0.2, 0.25) is 5.91 Å². The van der Waals surface area contributed by atoms with E-state index in [9.17, 15) is 4.79 Å². The molecule has 1 aromatic carbocycles. The van der Waals surface area contributed by atoms with Crippen molar-refractivity contribution in [1.29, 1.82) is 0 Å². The van der Waals surface area contributed by atoms with Crippen LogP contribution in [0.25, 0.3) is 0 Å². The summed E-state index contributed by atoms with van der Waals surface area (Å²) < 4.78 is 0. The number of nitrogens with two attached hydrogens (primary N) is 1. The van der Waals surface area contributed by atoms with Crippen LogP contribution in [0, 0.1) is 0 Å². The lowest BCUT2D eigenvalue weighted by Crippen LogP contribution is -2.37. The minimum atomic E-state index is -0.211. The first kappa shape index (κ1) is 12.1. The van der Waals surface area contributed by atoms with Gasteiger partial charge in [0.05, 0.1) is 6.54 Å². The van der Waals surface area contributed by atoms with Crippen molar-refractivity contribution >= 4 is 5.91 Å². The largest absolute Gasteiger partial charge is 0.369 e. The maximum atomic E-state index is 11.0. The number of primary amides is 1. The van der Waals surface area contributed by atoms with Crippen molar-refractivity contribution < 1.29 is 4.79 Å². The molecule has 2 rings (SSSR count). The van der Waals surface area contributed by atoms with Gasteiger partial charge in [0.15, 0.2) is 0 Å². The molecule has 1 heterocycles. The van der Waals surface area contributed by atoms with Gasteiger partial charge in [-0.1, -0.05) is 30.3 Å². The number of likely N-dealkylation sites (tertiary alicyclic amines) is 1. The van der Waals surface area contributed by atoms with E-state index in [1.54, 1.807) is 0 Å². The molecule has 0 aliphatic carbocycles. The third-order valence-electron chi connectivity index (χ3n) is 3.47. The fourth-order valence-corrected chi connectivity index (χ4v) is 2.61. The van der Waals surface area contributed by atoms with Crippen LogP contribution in [-0.2, 0) is 11.2 Å². The molecular formula is C14H20N2O. The lowest BCUT2D eigenvalue weighted by atomic mass is 10.0. The summed E-state index contributed by atoms with van der Waals surface area (Å²) in [5.41, 5.74) is 6.63. The number of nitrogens with zero attached hydrogens (tertiary/aromatic N) is 1. The van der Waals surface area contributed by atoms with Crippen LogP contribution in [-0.4, -0.2) is 29.9 Å². The first-order valence-electron chi connectivity index (χ1n) is 6.32. The standard InChI is InChI=1S/C14H20N2O/c15-14(17)11-16-10-4-7-13(16)9-8-12-5-2-1-3-6-12/h1-3,5-6,13H,4,7-11H2,(H2,15,17)/t13-/m0/s1. The second kappa shape index (κ2) is 5.82. The van der Waals surface area contributed by atoms with E-state index in [-0.39, 0.29) is 5.91 Å². The van der Waals surface area contributed by atoms with Crippen molar-refractivity contribution in [3.63, 3.8) is 0 Å². The Hall–Kier alpha value is -1.35. The third-order valence-corrected chi connectivity index (χ3v) is 3.47. The predicted octanol–water partition coefficient (Wildman–Crippen LogP) is 1.57. The Morgan fingerprint density at radius 1 is 1.35 bits per heavy atom. The van der Waals surface area contributed by atoms with Crippen LogP contribution in [0.2, 0.25) is 0 Å². The number of amides is 1. The van der Waals surface area contributed by atoms with Gasteiger partial charge in [-0.25, -0.2) is 0 Å². The molecule has 92 valence electrons. The van der Waals surface area contributed by atoms with Crippen LogP contribution < -0.4 is 5.73 Å². The molecule has 1 atom stereocenters. The summed E-state index contributed by atoms with van der Waals surface area (Å²) in [5, 5.41) is 0. The zero-order chi connectivity index (χ0) is 12.1. The Morgan fingerprint density at radius 2 is 2.12 bits per heavy atom. The minimum absolute atomic E-state index is 0.211. The molecule has 0 bridgehead atoms. The Kier molecular flexibility index (Phi) is 4.15. The summed E-state index contributed by atoms with van der Waals surface area (Å²) in [6.45, 7) is 1.43. The number of carbonyl (C=O) groups excluding carboxylic acids is 1. The van der Waals surface area contributed by atoms with E-state index in [2.05, 4.69) is 29.2 Å². The summed E-state index contributed by atoms with van der Waals surface area (Å²) in [6, 6.07) is 11.0. The molecule has 1 amide bonds. The molecule has 2 N–H and O–H groups in total. The SMILES string of the molecule is NC(=O)CN1CCC[C@H]1CCc1ccccc1. The second-order valence-corrected chi connectivity index (χ2v) is 4.76. The fourth-order valence-electron chi connectivity index (χ4n) is 2.61.